The Kier molecular flexibility index (Phi) is 13.4. The fourth-order valence-corrected chi connectivity index (χ4v) is 4.32. The van der Waals surface area contributed by atoms with Gasteiger partial charge in [-0.05, 0) is 54.2 Å². The SMILES string of the molecule is CC(C)CNC(=O)C(F)(F)C(=O)[C@@H](NC(=O)[C@H](Cc1ccc(F)c(F)c1)NCC(C=O)Oc1cc(Cl)cc(Cl)c1)C(C)C. The highest BCUT2D eigenvalue weighted by molar-refractivity contribution is 6.34. The van der Waals surface area contributed by atoms with Crippen molar-refractivity contribution >= 4 is 47.1 Å². The number of amides is 2. The number of ether oxygens (including phenoxy) is 1. The van der Waals surface area contributed by atoms with Crippen LogP contribution in [0.4, 0.5) is 17.6 Å². The van der Waals surface area contributed by atoms with Gasteiger partial charge in [-0.2, -0.15) is 8.78 Å². The van der Waals surface area contributed by atoms with Crippen LogP contribution >= 0.6 is 23.2 Å². The lowest BCUT2D eigenvalue weighted by Gasteiger charge is -2.28. The molecule has 0 saturated carbocycles. The Hall–Kier alpha value is -3.22. The van der Waals surface area contributed by atoms with E-state index in [0.29, 0.717) is 6.29 Å². The summed E-state index contributed by atoms with van der Waals surface area (Å²) in [6.07, 6.45) is -1.08. The molecule has 2 rings (SSSR count). The largest absolute Gasteiger partial charge is 0.482 e. The van der Waals surface area contributed by atoms with Gasteiger partial charge in [0.05, 0.1) is 12.1 Å². The molecule has 0 fully saturated rings. The molecule has 0 saturated heterocycles. The topological polar surface area (TPSA) is 114 Å². The molecule has 3 N–H and O–H groups in total. The number of halogens is 6. The molecule has 0 aliphatic rings. The maximum Gasteiger partial charge on any atom is 0.383 e. The van der Waals surface area contributed by atoms with Gasteiger partial charge in [-0.25, -0.2) is 8.78 Å². The van der Waals surface area contributed by atoms with Gasteiger partial charge < -0.3 is 20.7 Å². The molecule has 0 aliphatic heterocycles. The predicted molar refractivity (Wildman–Crippen MR) is 153 cm³/mol. The summed E-state index contributed by atoms with van der Waals surface area (Å²) in [7, 11) is 0. The van der Waals surface area contributed by atoms with E-state index in [2.05, 4.69) is 10.6 Å². The minimum Gasteiger partial charge on any atom is -0.482 e. The lowest BCUT2D eigenvalue weighted by molar-refractivity contribution is -0.161. The number of aldehydes is 1. The van der Waals surface area contributed by atoms with E-state index >= 15 is 0 Å². The van der Waals surface area contributed by atoms with E-state index in [1.54, 1.807) is 13.8 Å². The van der Waals surface area contributed by atoms with Crippen LogP contribution in [0, 0.1) is 23.5 Å². The Bertz CT molecular complexity index is 1290. The molecule has 14 heteroatoms. The third kappa shape index (κ3) is 10.8. The Morgan fingerprint density at radius 1 is 0.953 bits per heavy atom. The second-order valence-corrected chi connectivity index (χ2v) is 11.5. The smallest absolute Gasteiger partial charge is 0.383 e. The fourth-order valence-electron chi connectivity index (χ4n) is 3.81. The summed E-state index contributed by atoms with van der Waals surface area (Å²) >= 11 is 11.9. The number of carbonyl (C=O) groups excluding carboxylic acids is 4. The first-order valence-electron chi connectivity index (χ1n) is 13.3. The van der Waals surface area contributed by atoms with Crippen LogP contribution in [0.5, 0.6) is 5.75 Å². The number of nitrogens with one attached hydrogen (secondary N) is 3. The van der Waals surface area contributed by atoms with Crippen molar-refractivity contribution < 1.29 is 41.5 Å². The lowest BCUT2D eigenvalue weighted by atomic mass is 9.94. The van der Waals surface area contributed by atoms with Gasteiger partial charge in [0.15, 0.2) is 24.0 Å². The van der Waals surface area contributed by atoms with Crippen LogP contribution in [0.15, 0.2) is 36.4 Å². The van der Waals surface area contributed by atoms with Crippen molar-refractivity contribution in [3.05, 3.63) is 63.6 Å². The molecule has 3 atom stereocenters. The summed E-state index contributed by atoms with van der Waals surface area (Å²) in [6, 6.07) is 3.98. The molecule has 0 bridgehead atoms. The van der Waals surface area contributed by atoms with Gasteiger partial charge in [0.1, 0.15) is 5.75 Å². The normalized spacial score (nSPS) is 13.8. The molecule has 0 radical (unpaired) electrons. The first kappa shape index (κ1) is 36.0. The number of benzene rings is 2. The van der Waals surface area contributed by atoms with Gasteiger partial charge in [-0.1, -0.05) is 57.0 Å². The Morgan fingerprint density at radius 2 is 1.58 bits per heavy atom. The monoisotopic (exact) mass is 649 g/mol. The Balaban J connectivity index is 2.29. The highest BCUT2D eigenvalue weighted by Gasteiger charge is 2.51. The molecular formula is C29H33Cl2F4N3O5. The van der Waals surface area contributed by atoms with Crippen molar-refractivity contribution in [2.24, 2.45) is 11.8 Å². The average Bonchev–Trinajstić information content (AvgIpc) is 2.92. The molecule has 0 spiro atoms. The Labute approximate surface area is 256 Å². The highest BCUT2D eigenvalue weighted by Crippen LogP contribution is 2.25. The summed E-state index contributed by atoms with van der Waals surface area (Å²) in [5, 5.41) is 7.48. The number of alkyl halides is 2. The predicted octanol–water partition coefficient (Wildman–Crippen LogP) is 4.54. The summed E-state index contributed by atoms with van der Waals surface area (Å²) in [4.78, 5) is 50.1. The third-order valence-electron chi connectivity index (χ3n) is 6.09. The van der Waals surface area contributed by atoms with Crippen LogP contribution in [0.2, 0.25) is 10.0 Å². The fraction of sp³-hybridized carbons (Fsp3) is 0.448. The maximum atomic E-state index is 14.8. The van der Waals surface area contributed by atoms with Crippen molar-refractivity contribution in [1.82, 2.24) is 16.0 Å². The van der Waals surface area contributed by atoms with E-state index in [-0.39, 0.29) is 46.8 Å². The molecular weight excluding hydrogens is 617 g/mol. The van der Waals surface area contributed by atoms with Gasteiger partial charge in [0.2, 0.25) is 11.7 Å². The van der Waals surface area contributed by atoms with Crippen molar-refractivity contribution in [3.8, 4) is 5.75 Å². The van der Waals surface area contributed by atoms with Gasteiger partial charge in [-0.3, -0.25) is 19.2 Å². The van der Waals surface area contributed by atoms with E-state index in [9.17, 15) is 36.7 Å². The molecule has 43 heavy (non-hydrogen) atoms. The highest BCUT2D eigenvalue weighted by atomic mass is 35.5. The summed E-state index contributed by atoms with van der Waals surface area (Å²) in [5.74, 6) is -12.3. The molecule has 2 aromatic carbocycles. The van der Waals surface area contributed by atoms with Crippen LogP contribution in [0.1, 0.15) is 33.3 Å². The maximum absolute atomic E-state index is 14.8. The van der Waals surface area contributed by atoms with E-state index in [1.165, 1.54) is 38.1 Å². The first-order chi connectivity index (χ1) is 20.0. The lowest BCUT2D eigenvalue weighted by Crippen LogP contribution is -2.59. The number of Topliss-reactive ketones (excluding diaryl/α,β-unsaturated/α-hetero) is 1. The van der Waals surface area contributed by atoms with Crippen LogP contribution in [-0.2, 0) is 25.6 Å². The zero-order valence-electron chi connectivity index (χ0n) is 23.9. The number of carbonyl (C=O) groups is 4. The minimum atomic E-state index is -4.45. The van der Waals surface area contributed by atoms with E-state index < -0.39 is 59.3 Å². The molecule has 1 unspecified atom stereocenters. The Morgan fingerprint density at radius 3 is 2.12 bits per heavy atom. The van der Waals surface area contributed by atoms with Crippen LogP contribution in [0.25, 0.3) is 0 Å². The zero-order valence-corrected chi connectivity index (χ0v) is 25.4. The molecule has 0 aliphatic carbocycles. The van der Waals surface area contributed by atoms with Gasteiger partial charge in [0, 0.05) is 23.1 Å². The summed E-state index contributed by atoms with van der Waals surface area (Å²) in [5.41, 5.74) is 0.141. The minimum absolute atomic E-state index is 0.0952. The molecule has 0 aromatic heterocycles. The van der Waals surface area contributed by atoms with E-state index in [1.807, 2.05) is 5.32 Å². The zero-order chi connectivity index (χ0) is 32.5. The van der Waals surface area contributed by atoms with E-state index in [4.69, 9.17) is 27.9 Å². The van der Waals surface area contributed by atoms with Crippen LogP contribution < -0.4 is 20.7 Å². The van der Waals surface area contributed by atoms with Crippen molar-refractivity contribution in [1.29, 1.82) is 0 Å². The van der Waals surface area contributed by atoms with Crippen LogP contribution in [0.3, 0.4) is 0 Å². The third-order valence-corrected chi connectivity index (χ3v) is 6.53. The number of ketones is 1. The van der Waals surface area contributed by atoms with Crippen molar-refractivity contribution in [3.63, 3.8) is 0 Å². The van der Waals surface area contributed by atoms with Crippen molar-refractivity contribution in [2.45, 2.75) is 58.2 Å². The van der Waals surface area contributed by atoms with Gasteiger partial charge >= 0.3 is 5.92 Å². The number of rotatable bonds is 16. The van der Waals surface area contributed by atoms with Gasteiger partial charge in [0.25, 0.3) is 5.91 Å². The number of hydrogen-bond donors (Lipinski definition) is 3. The summed E-state index contributed by atoms with van der Waals surface area (Å²) in [6.45, 7) is 5.75. The summed E-state index contributed by atoms with van der Waals surface area (Å²) < 4.78 is 62.6. The molecule has 2 amide bonds. The second kappa shape index (κ2) is 16.0. The van der Waals surface area contributed by atoms with Gasteiger partial charge in [-0.15, -0.1) is 0 Å². The molecule has 0 heterocycles. The quantitative estimate of drug-likeness (QED) is 0.140. The second-order valence-electron chi connectivity index (χ2n) is 10.6. The molecule has 8 nitrogen and oxygen atoms in total. The standard InChI is InChI=1S/C29H33Cl2F4N3O5/c1-15(2)12-37-28(42)29(34,35)26(40)25(16(3)4)38-27(41)24(8-17-5-6-22(32)23(33)7-17)36-13-21(14-39)43-20-10-18(30)9-19(31)11-20/h5-7,9-11,14-16,21,24-25,36H,8,12-13H2,1-4H3,(H,37,42)(H,38,41)/t21?,24-,25-/m0/s1. The van der Waals surface area contributed by atoms with Crippen LogP contribution in [-0.4, -0.2) is 61.1 Å². The molecule has 236 valence electrons. The molecule has 2 aromatic rings. The first-order valence-corrected chi connectivity index (χ1v) is 14.1. The number of hydrogen-bond acceptors (Lipinski definition) is 6. The van der Waals surface area contributed by atoms with Crippen molar-refractivity contribution in [2.75, 3.05) is 13.1 Å². The van der Waals surface area contributed by atoms with E-state index in [0.717, 1.165) is 12.1 Å². The average molecular weight is 650 g/mol.